The molecule has 2 heterocycles. The summed E-state index contributed by atoms with van der Waals surface area (Å²) in [4.78, 5) is 29.6. The van der Waals surface area contributed by atoms with Crippen LogP contribution in [0.5, 0.6) is 0 Å². The molecule has 0 bridgehead atoms. The monoisotopic (exact) mass is 439 g/mol. The summed E-state index contributed by atoms with van der Waals surface area (Å²) in [7, 11) is 0. The van der Waals surface area contributed by atoms with Gasteiger partial charge in [-0.3, -0.25) is 14.5 Å². The van der Waals surface area contributed by atoms with Gasteiger partial charge in [-0.1, -0.05) is 6.07 Å². The SMILES string of the molecule is O=C(NCC(=O)N1CCN(Cc2ccc(Br)s2)CC1)c1cccc(F)c1. The molecule has 1 aliphatic heterocycles. The van der Waals surface area contributed by atoms with E-state index in [1.165, 1.54) is 23.1 Å². The van der Waals surface area contributed by atoms with E-state index in [2.05, 4.69) is 32.2 Å². The molecule has 26 heavy (non-hydrogen) atoms. The molecule has 0 aliphatic carbocycles. The Morgan fingerprint density at radius 1 is 1.15 bits per heavy atom. The van der Waals surface area contributed by atoms with Crippen molar-refractivity contribution in [1.82, 2.24) is 15.1 Å². The summed E-state index contributed by atoms with van der Waals surface area (Å²) >= 11 is 5.19. The molecule has 1 aromatic carbocycles. The molecule has 1 aliphatic rings. The van der Waals surface area contributed by atoms with Crippen molar-refractivity contribution in [2.24, 2.45) is 0 Å². The van der Waals surface area contributed by atoms with E-state index in [0.717, 1.165) is 29.5 Å². The maximum Gasteiger partial charge on any atom is 0.251 e. The zero-order valence-corrected chi connectivity index (χ0v) is 16.5. The third-order valence-corrected chi connectivity index (χ3v) is 5.83. The first-order chi connectivity index (χ1) is 12.5. The lowest BCUT2D eigenvalue weighted by Crippen LogP contribution is -2.50. The van der Waals surface area contributed by atoms with Gasteiger partial charge < -0.3 is 10.2 Å². The van der Waals surface area contributed by atoms with Crippen LogP contribution in [0.4, 0.5) is 4.39 Å². The number of benzene rings is 1. The second-order valence-electron chi connectivity index (χ2n) is 6.06. The van der Waals surface area contributed by atoms with Gasteiger partial charge in [0, 0.05) is 43.2 Å². The Morgan fingerprint density at radius 3 is 2.58 bits per heavy atom. The van der Waals surface area contributed by atoms with Crippen molar-refractivity contribution in [3.8, 4) is 0 Å². The molecular formula is C18H19BrFN3O2S. The van der Waals surface area contributed by atoms with E-state index in [1.54, 1.807) is 16.2 Å². The van der Waals surface area contributed by atoms with Crippen LogP contribution in [-0.2, 0) is 11.3 Å². The number of carbonyl (C=O) groups is 2. The van der Waals surface area contributed by atoms with Gasteiger partial charge >= 0.3 is 0 Å². The quantitative estimate of drug-likeness (QED) is 0.778. The van der Waals surface area contributed by atoms with Gasteiger partial charge in [-0.05, 0) is 46.3 Å². The van der Waals surface area contributed by atoms with Gasteiger partial charge in [0.25, 0.3) is 5.91 Å². The van der Waals surface area contributed by atoms with E-state index in [4.69, 9.17) is 0 Å². The van der Waals surface area contributed by atoms with Crippen LogP contribution in [0.3, 0.4) is 0 Å². The van der Waals surface area contributed by atoms with Crippen LogP contribution in [-0.4, -0.2) is 54.3 Å². The maximum absolute atomic E-state index is 13.1. The Hall–Kier alpha value is -1.77. The van der Waals surface area contributed by atoms with Gasteiger partial charge in [0.1, 0.15) is 5.82 Å². The minimum absolute atomic E-state index is 0.0762. The van der Waals surface area contributed by atoms with Gasteiger partial charge in [-0.2, -0.15) is 0 Å². The van der Waals surface area contributed by atoms with E-state index in [-0.39, 0.29) is 18.0 Å². The lowest BCUT2D eigenvalue weighted by atomic mass is 10.2. The number of hydrogen-bond donors (Lipinski definition) is 1. The lowest BCUT2D eigenvalue weighted by Gasteiger charge is -2.34. The summed E-state index contributed by atoms with van der Waals surface area (Å²) in [6, 6.07) is 9.56. The van der Waals surface area contributed by atoms with Gasteiger partial charge in [0.15, 0.2) is 0 Å². The second kappa shape index (κ2) is 8.75. The Morgan fingerprint density at radius 2 is 1.92 bits per heavy atom. The Labute approximate surface area is 163 Å². The van der Waals surface area contributed by atoms with Crippen LogP contribution in [0, 0.1) is 5.82 Å². The number of halogens is 2. The minimum Gasteiger partial charge on any atom is -0.343 e. The molecule has 1 saturated heterocycles. The number of nitrogens with zero attached hydrogens (tertiary/aromatic N) is 2. The van der Waals surface area contributed by atoms with E-state index in [9.17, 15) is 14.0 Å². The van der Waals surface area contributed by atoms with Crippen molar-refractivity contribution >= 4 is 39.1 Å². The number of carbonyl (C=O) groups excluding carboxylic acids is 2. The summed E-state index contributed by atoms with van der Waals surface area (Å²) in [5.41, 5.74) is 0.213. The third kappa shape index (κ3) is 5.12. The first-order valence-corrected chi connectivity index (χ1v) is 9.90. The predicted octanol–water partition coefficient (Wildman–Crippen LogP) is 2.72. The largest absolute Gasteiger partial charge is 0.343 e. The Kier molecular flexibility index (Phi) is 6.39. The zero-order valence-electron chi connectivity index (χ0n) is 14.1. The first kappa shape index (κ1) is 19.0. The number of nitrogens with one attached hydrogen (secondary N) is 1. The minimum atomic E-state index is -0.474. The van der Waals surface area contributed by atoms with Gasteiger partial charge in [-0.25, -0.2) is 4.39 Å². The molecule has 0 atom stereocenters. The van der Waals surface area contributed by atoms with Crippen LogP contribution in [0.1, 0.15) is 15.2 Å². The summed E-state index contributed by atoms with van der Waals surface area (Å²) in [5, 5.41) is 2.56. The summed E-state index contributed by atoms with van der Waals surface area (Å²) in [5.74, 6) is -1.04. The van der Waals surface area contributed by atoms with E-state index in [1.807, 2.05) is 6.07 Å². The standard InChI is InChI=1S/C18H19BrFN3O2S/c19-16-5-4-15(26-16)12-22-6-8-23(9-7-22)17(24)11-21-18(25)13-2-1-3-14(20)10-13/h1-5,10H,6-9,11-12H2,(H,21,25). The molecule has 0 spiro atoms. The molecule has 0 unspecified atom stereocenters. The fourth-order valence-electron chi connectivity index (χ4n) is 2.81. The first-order valence-electron chi connectivity index (χ1n) is 8.29. The third-order valence-electron chi connectivity index (χ3n) is 4.22. The molecule has 1 N–H and O–H groups in total. The molecule has 0 radical (unpaired) electrons. The highest BCUT2D eigenvalue weighted by Gasteiger charge is 2.21. The topological polar surface area (TPSA) is 52.7 Å². The van der Waals surface area contributed by atoms with E-state index < -0.39 is 11.7 Å². The summed E-state index contributed by atoms with van der Waals surface area (Å²) < 4.78 is 14.3. The average Bonchev–Trinajstić information content (AvgIpc) is 3.04. The van der Waals surface area contributed by atoms with Crippen molar-refractivity contribution in [2.75, 3.05) is 32.7 Å². The van der Waals surface area contributed by atoms with Crippen LogP contribution in [0.25, 0.3) is 0 Å². The number of hydrogen-bond acceptors (Lipinski definition) is 4. The van der Waals surface area contributed by atoms with Crippen molar-refractivity contribution in [2.45, 2.75) is 6.54 Å². The van der Waals surface area contributed by atoms with Gasteiger partial charge in [-0.15, -0.1) is 11.3 Å². The van der Waals surface area contributed by atoms with Crippen LogP contribution in [0.2, 0.25) is 0 Å². The molecule has 1 fully saturated rings. The molecular weight excluding hydrogens is 421 g/mol. The summed E-state index contributed by atoms with van der Waals surface area (Å²) in [6.45, 7) is 3.70. The van der Waals surface area contributed by atoms with Crippen molar-refractivity contribution < 1.29 is 14.0 Å². The summed E-state index contributed by atoms with van der Waals surface area (Å²) in [6.07, 6.45) is 0. The van der Waals surface area contributed by atoms with Crippen molar-refractivity contribution in [3.63, 3.8) is 0 Å². The van der Waals surface area contributed by atoms with Crippen LogP contribution in [0.15, 0.2) is 40.2 Å². The molecule has 2 aromatic rings. The number of rotatable bonds is 5. The molecule has 5 nitrogen and oxygen atoms in total. The highest BCUT2D eigenvalue weighted by molar-refractivity contribution is 9.11. The molecule has 138 valence electrons. The lowest BCUT2D eigenvalue weighted by molar-refractivity contribution is -0.131. The highest BCUT2D eigenvalue weighted by Crippen LogP contribution is 2.23. The van der Waals surface area contributed by atoms with Crippen molar-refractivity contribution in [3.05, 3.63) is 56.4 Å². The highest BCUT2D eigenvalue weighted by atomic mass is 79.9. The van der Waals surface area contributed by atoms with Gasteiger partial charge in [0.05, 0.1) is 10.3 Å². The molecule has 0 saturated carbocycles. The number of thiophene rings is 1. The predicted molar refractivity (Wildman–Crippen MR) is 103 cm³/mol. The van der Waals surface area contributed by atoms with Crippen LogP contribution < -0.4 is 5.32 Å². The smallest absolute Gasteiger partial charge is 0.251 e. The number of piperazine rings is 1. The van der Waals surface area contributed by atoms with Gasteiger partial charge in [0.2, 0.25) is 5.91 Å². The van der Waals surface area contributed by atoms with Crippen LogP contribution >= 0.6 is 27.3 Å². The zero-order chi connectivity index (χ0) is 18.5. The number of amides is 2. The van der Waals surface area contributed by atoms with E-state index >= 15 is 0 Å². The molecule has 3 rings (SSSR count). The average molecular weight is 440 g/mol. The Balaban J connectivity index is 1.42. The fraction of sp³-hybridized carbons (Fsp3) is 0.333. The maximum atomic E-state index is 13.1. The molecule has 1 aromatic heterocycles. The van der Waals surface area contributed by atoms with Crippen molar-refractivity contribution in [1.29, 1.82) is 0 Å². The molecule has 2 amide bonds. The normalized spacial score (nSPS) is 15.1. The Bertz CT molecular complexity index is 790. The second-order valence-corrected chi connectivity index (χ2v) is 8.60. The molecule has 8 heteroatoms. The fourth-order valence-corrected chi connectivity index (χ4v) is 4.34. The van der Waals surface area contributed by atoms with E-state index in [0.29, 0.717) is 13.1 Å².